The highest BCUT2D eigenvalue weighted by atomic mass is 16.4. The van der Waals surface area contributed by atoms with Gasteiger partial charge in [-0.1, -0.05) is 192 Å². The Labute approximate surface area is 334 Å². The summed E-state index contributed by atoms with van der Waals surface area (Å²) in [6, 6.07) is 0. The van der Waals surface area contributed by atoms with E-state index in [-0.39, 0.29) is 13.2 Å². The van der Waals surface area contributed by atoms with Gasteiger partial charge in [-0.15, -0.1) is 0 Å². The lowest BCUT2D eigenvalue weighted by molar-refractivity contribution is -0.138. The Kier molecular flexibility index (Phi) is 56.0. The number of allylic oxidation sites excluding steroid dienone is 4. The van der Waals surface area contributed by atoms with Crippen molar-refractivity contribution < 1.29 is 35.1 Å². The predicted octanol–water partition coefficient (Wildman–Crippen LogP) is 13.7. The molecule has 0 saturated carbocycles. The van der Waals surface area contributed by atoms with Crippen LogP contribution in [0.4, 0.5) is 0 Å². The summed E-state index contributed by atoms with van der Waals surface area (Å²) >= 11 is 0. The summed E-state index contributed by atoms with van der Waals surface area (Å²) in [6.45, 7) is 3.81. The van der Waals surface area contributed by atoms with Crippen molar-refractivity contribution in [3.8, 4) is 0 Å². The van der Waals surface area contributed by atoms with Gasteiger partial charge in [0.25, 0.3) is 0 Å². The van der Waals surface area contributed by atoms with E-state index >= 15 is 0 Å². The van der Waals surface area contributed by atoms with E-state index in [1.165, 1.54) is 193 Å². The van der Waals surface area contributed by atoms with Crippen LogP contribution in [0.25, 0.3) is 0 Å². The molecular formula is C47H92O7. The maximum Gasteiger partial charge on any atom is 0.303 e. The fourth-order valence-electron chi connectivity index (χ4n) is 6.17. The standard InChI is InChI=1S/2C22H42O2.C3H8O3/c2*1-2-3-4-5-6-7-8-9-10-11-12-13-14-15-16-17-18-19-20-21-22(23)24;4-1-3(6)2-5/h2*9-10H,2-8,11-21H2,1H3,(H,23,24);3-6H,1-2H2/b2*10-9-;. The Morgan fingerprint density at radius 2 is 0.574 bits per heavy atom. The molecular weight excluding hydrogens is 677 g/mol. The molecule has 0 rings (SSSR count). The van der Waals surface area contributed by atoms with Crippen LogP contribution in [0.2, 0.25) is 0 Å². The van der Waals surface area contributed by atoms with Crippen LogP contribution in [0.15, 0.2) is 24.3 Å². The van der Waals surface area contributed by atoms with E-state index in [2.05, 4.69) is 38.2 Å². The molecule has 0 atom stereocenters. The number of aliphatic hydroxyl groups excluding tert-OH is 3. The van der Waals surface area contributed by atoms with Crippen molar-refractivity contribution in [2.75, 3.05) is 13.2 Å². The molecule has 322 valence electrons. The monoisotopic (exact) mass is 769 g/mol. The minimum atomic E-state index is -0.954. The highest BCUT2D eigenvalue weighted by Gasteiger charge is 1.98. The normalized spacial score (nSPS) is 11.2. The lowest BCUT2D eigenvalue weighted by atomic mass is 10.1. The van der Waals surface area contributed by atoms with Gasteiger partial charge in [0.2, 0.25) is 0 Å². The highest BCUT2D eigenvalue weighted by molar-refractivity contribution is 5.66. The summed E-state index contributed by atoms with van der Waals surface area (Å²) in [4.78, 5) is 20.8. The Morgan fingerprint density at radius 3 is 0.759 bits per heavy atom. The molecule has 0 spiro atoms. The van der Waals surface area contributed by atoms with Gasteiger partial charge in [0.05, 0.1) is 13.2 Å². The molecule has 0 aliphatic rings. The molecule has 0 aliphatic carbocycles. The smallest absolute Gasteiger partial charge is 0.303 e. The molecule has 5 N–H and O–H groups in total. The second-order valence-corrected chi connectivity index (χ2v) is 15.3. The predicted molar refractivity (Wildman–Crippen MR) is 231 cm³/mol. The molecule has 0 unspecified atom stereocenters. The Bertz CT molecular complexity index is 705. The lowest BCUT2D eigenvalue weighted by Gasteiger charge is -2.01. The molecule has 7 nitrogen and oxygen atoms in total. The molecule has 0 aromatic carbocycles. The average molecular weight is 769 g/mol. The number of hydrogen-bond donors (Lipinski definition) is 5. The molecule has 0 aliphatic heterocycles. The third-order valence-electron chi connectivity index (χ3n) is 9.73. The van der Waals surface area contributed by atoms with Crippen LogP contribution >= 0.6 is 0 Å². The van der Waals surface area contributed by atoms with Crippen molar-refractivity contribution in [2.45, 2.75) is 251 Å². The zero-order chi connectivity index (χ0) is 40.4. The fraction of sp³-hybridized carbons (Fsp3) is 0.872. The van der Waals surface area contributed by atoms with Crippen LogP contribution in [0.5, 0.6) is 0 Å². The first kappa shape index (κ1) is 56.6. The van der Waals surface area contributed by atoms with Crippen LogP contribution in [0.1, 0.15) is 245 Å². The minimum Gasteiger partial charge on any atom is -0.481 e. The first-order valence-electron chi connectivity index (χ1n) is 23.0. The van der Waals surface area contributed by atoms with Crippen LogP contribution < -0.4 is 0 Å². The third-order valence-corrected chi connectivity index (χ3v) is 9.73. The highest BCUT2D eigenvalue weighted by Crippen LogP contribution is 2.14. The quantitative estimate of drug-likeness (QED) is 0.0309. The summed E-state index contributed by atoms with van der Waals surface area (Å²) in [6.07, 6.45) is 53.3. The van der Waals surface area contributed by atoms with Crippen molar-refractivity contribution in [3.63, 3.8) is 0 Å². The largest absolute Gasteiger partial charge is 0.481 e. The first-order chi connectivity index (χ1) is 26.3. The lowest BCUT2D eigenvalue weighted by Crippen LogP contribution is -2.15. The third kappa shape index (κ3) is 62.3. The molecule has 0 amide bonds. The van der Waals surface area contributed by atoms with Crippen LogP contribution in [-0.2, 0) is 9.59 Å². The van der Waals surface area contributed by atoms with Gasteiger partial charge in [-0.05, 0) is 64.2 Å². The maximum atomic E-state index is 10.4. The van der Waals surface area contributed by atoms with E-state index in [0.29, 0.717) is 12.8 Å². The molecule has 0 aromatic rings. The zero-order valence-electron chi connectivity index (χ0n) is 35.8. The van der Waals surface area contributed by atoms with Gasteiger partial charge in [0.15, 0.2) is 0 Å². The molecule has 54 heavy (non-hydrogen) atoms. The van der Waals surface area contributed by atoms with Crippen molar-refractivity contribution >= 4 is 11.9 Å². The summed E-state index contributed by atoms with van der Waals surface area (Å²) in [7, 11) is 0. The minimum absolute atomic E-state index is 0.340. The van der Waals surface area contributed by atoms with Crippen LogP contribution in [0, 0.1) is 0 Å². The maximum absolute atomic E-state index is 10.4. The van der Waals surface area contributed by atoms with Gasteiger partial charge >= 0.3 is 11.9 Å². The summed E-state index contributed by atoms with van der Waals surface area (Å²) in [5.41, 5.74) is 0. The van der Waals surface area contributed by atoms with E-state index in [1.807, 2.05) is 0 Å². The fourth-order valence-corrected chi connectivity index (χ4v) is 6.17. The Morgan fingerprint density at radius 1 is 0.370 bits per heavy atom. The number of carboxylic acids is 2. The van der Waals surface area contributed by atoms with E-state index in [4.69, 9.17) is 25.5 Å². The van der Waals surface area contributed by atoms with Crippen LogP contribution in [0.3, 0.4) is 0 Å². The number of rotatable bonds is 40. The van der Waals surface area contributed by atoms with Gasteiger partial charge in [-0.2, -0.15) is 0 Å². The summed E-state index contributed by atoms with van der Waals surface area (Å²) < 4.78 is 0. The molecule has 0 aromatic heterocycles. The zero-order valence-corrected chi connectivity index (χ0v) is 35.8. The van der Waals surface area contributed by atoms with Gasteiger partial charge < -0.3 is 25.5 Å². The molecule has 7 heteroatoms. The number of aliphatic hydroxyl groups is 3. The Balaban J connectivity index is -0.000000835. The number of aliphatic carboxylic acids is 2. The molecule has 0 bridgehead atoms. The van der Waals surface area contributed by atoms with Crippen LogP contribution in [-0.4, -0.2) is 56.8 Å². The number of carbonyl (C=O) groups is 2. The van der Waals surface area contributed by atoms with Gasteiger partial charge in [0, 0.05) is 12.8 Å². The van der Waals surface area contributed by atoms with E-state index in [9.17, 15) is 9.59 Å². The Hall–Kier alpha value is -1.70. The summed E-state index contributed by atoms with van der Waals surface area (Å²) in [5, 5.41) is 41.1. The number of hydrogen-bond acceptors (Lipinski definition) is 5. The second-order valence-electron chi connectivity index (χ2n) is 15.3. The van der Waals surface area contributed by atoms with Gasteiger partial charge in [-0.25, -0.2) is 0 Å². The first-order valence-corrected chi connectivity index (χ1v) is 23.0. The summed E-state index contributed by atoms with van der Waals surface area (Å²) in [5.74, 6) is -1.31. The number of unbranched alkanes of at least 4 members (excludes halogenated alkanes) is 30. The van der Waals surface area contributed by atoms with E-state index < -0.39 is 18.0 Å². The molecule has 0 radical (unpaired) electrons. The topological polar surface area (TPSA) is 135 Å². The number of carboxylic acid groups (broad SMARTS) is 2. The SMILES string of the molecule is CCCCCCCC/C=C\CCCCCCCCCCCC(=O)O.CCCCCCCC/C=C\CCCCCCCCCCCC(=O)O.OCC(O)CO. The van der Waals surface area contributed by atoms with Crippen molar-refractivity contribution in [2.24, 2.45) is 0 Å². The molecule has 0 heterocycles. The van der Waals surface area contributed by atoms with Crippen molar-refractivity contribution in [1.29, 1.82) is 0 Å². The van der Waals surface area contributed by atoms with E-state index in [0.717, 1.165) is 25.7 Å². The van der Waals surface area contributed by atoms with E-state index in [1.54, 1.807) is 0 Å². The van der Waals surface area contributed by atoms with Crippen molar-refractivity contribution in [1.82, 2.24) is 0 Å². The average Bonchev–Trinajstić information content (AvgIpc) is 3.16. The molecule has 0 fully saturated rings. The molecule has 0 saturated heterocycles. The van der Waals surface area contributed by atoms with Crippen molar-refractivity contribution in [3.05, 3.63) is 24.3 Å². The van der Waals surface area contributed by atoms with Gasteiger partial charge in [-0.3, -0.25) is 9.59 Å². The van der Waals surface area contributed by atoms with Gasteiger partial charge in [0.1, 0.15) is 6.10 Å². The second kappa shape index (κ2) is 53.4.